The molecule has 0 aliphatic rings. The third-order valence-electron chi connectivity index (χ3n) is 5.37. The summed E-state index contributed by atoms with van der Waals surface area (Å²) in [5.41, 5.74) is 7.63. The van der Waals surface area contributed by atoms with Crippen LogP contribution in [-0.2, 0) is 13.1 Å². The van der Waals surface area contributed by atoms with Crippen LogP contribution in [0.2, 0.25) is 0 Å². The van der Waals surface area contributed by atoms with Gasteiger partial charge in [-0.3, -0.25) is 4.98 Å². The minimum Gasteiger partial charge on any atom is -0.497 e. The van der Waals surface area contributed by atoms with Crippen LogP contribution in [0.1, 0.15) is 22.4 Å². The van der Waals surface area contributed by atoms with Crippen molar-refractivity contribution >= 4 is 16.7 Å². The van der Waals surface area contributed by atoms with Gasteiger partial charge < -0.3 is 14.6 Å². The lowest BCUT2D eigenvalue weighted by atomic mass is 10.2. The Balaban J connectivity index is 1.71. The molecule has 148 valence electrons. The number of benzene rings is 2. The monoisotopic (exact) mass is 389 g/mol. The van der Waals surface area contributed by atoms with Gasteiger partial charge in [0, 0.05) is 25.0 Å². The lowest BCUT2D eigenvalue weighted by Crippen LogP contribution is -2.06. The Kier molecular flexibility index (Phi) is 5.21. The summed E-state index contributed by atoms with van der Waals surface area (Å²) in [7, 11) is 1.68. The normalized spacial score (nSPS) is 11.0. The largest absolute Gasteiger partial charge is 0.497 e. The molecule has 2 heterocycles. The van der Waals surface area contributed by atoms with Gasteiger partial charge >= 0.3 is 0 Å². The fraction of sp³-hybridized carbons (Fsp3) is 0.208. The molecule has 2 aromatic carbocycles. The summed E-state index contributed by atoms with van der Waals surface area (Å²) in [5, 5.41) is 3.50. The molecule has 0 spiro atoms. The highest BCUT2D eigenvalue weighted by Crippen LogP contribution is 2.30. The van der Waals surface area contributed by atoms with Gasteiger partial charge in [-0.15, -0.1) is 0 Å². The average molecular weight is 389 g/mol. The zero-order valence-corrected chi connectivity index (χ0v) is 16.9. The maximum Gasteiger partial charge on any atom is 0.123 e. The van der Waals surface area contributed by atoms with Gasteiger partial charge in [0.25, 0.3) is 0 Å². The highest BCUT2D eigenvalue weighted by Gasteiger charge is 2.16. The number of fused-ring (bicyclic) bond motifs is 1. The van der Waals surface area contributed by atoms with E-state index in [4.69, 9.17) is 4.74 Å². The van der Waals surface area contributed by atoms with Crippen molar-refractivity contribution in [1.29, 1.82) is 0 Å². The van der Waals surface area contributed by atoms with E-state index in [2.05, 4.69) is 40.8 Å². The number of methoxy groups -OCH3 is 1. The number of halogens is 1. The molecule has 4 aromatic rings. The molecule has 0 fully saturated rings. The fourth-order valence-electron chi connectivity index (χ4n) is 3.64. The summed E-state index contributed by atoms with van der Waals surface area (Å²) in [6, 6.07) is 16.7. The molecule has 0 saturated heterocycles. The quantitative estimate of drug-likeness (QED) is 0.476. The highest BCUT2D eigenvalue weighted by atomic mass is 19.1. The van der Waals surface area contributed by atoms with Crippen molar-refractivity contribution < 1.29 is 9.13 Å². The zero-order chi connectivity index (χ0) is 20.4. The van der Waals surface area contributed by atoms with Crippen LogP contribution in [0.3, 0.4) is 0 Å². The molecule has 2 aromatic heterocycles. The van der Waals surface area contributed by atoms with Crippen LogP contribution in [-0.4, -0.2) is 16.7 Å². The predicted octanol–water partition coefficient (Wildman–Crippen LogP) is 5.46. The van der Waals surface area contributed by atoms with Crippen LogP contribution < -0.4 is 10.1 Å². The second-order valence-electron chi connectivity index (χ2n) is 7.18. The topological polar surface area (TPSA) is 39.1 Å². The van der Waals surface area contributed by atoms with E-state index in [1.165, 1.54) is 23.4 Å². The molecule has 0 aliphatic heterocycles. The van der Waals surface area contributed by atoms with E-state index in [0.717, 1.165) is 40.1 Å². The first-order valence-corrected chi connectivity index (χ1v) is 9.62. The van der Waals surface area contributed by atoms with E-state index < -0.39 is 0 Å². The van der Waals surface area contributed by atoms with Crippen molar-refractivity contribution in [2.75, 3.05) is 12.4 Å². The smallest absolute Gasteiger partial charge is 0.123 e. The van der Waals surface area contributed by atoms with E-state index in [1.807, 2.05) is 24.4 Å². The van der Waals surface area contributed by atoms with E-state index in [9.17, 15) is 4.39 Å². The molecule has 0 saturated carbocycles. The number of hydrogen-bond acceptors (Lipinski definition) is 3. The van der Waals surface area contributed by atoms with Crippen molar-refractivity contribution in [3.63, 3.8) is 0 Å². The van der Waals surface area contributed by atoms with Gasteiger partial charge in [0.15, 0.2) is 0 Å². The zero-order valence-electron chi connectivity index (χ0n) is 16.9. The third kappa shape index (κ3) is 3.81. The number of ether oxygens (including phenoxy) is 1. The van der Waals surface area contributed by atoms with Crippen LogP contribution >= 0.6 is 0 Å². The van der Waals surface area contributed by atoms with Crippen LogP contribution in [0.5, 0.6) is 5.75 Å². The summed E-state index contributed by atoms with van der Waals surface area (Å²) in [4.78, 5) is 4.63. The number of rotatable bonds is 6. The molecule has 0 bridgehead atoms. The van der Waals surface area contributed by atoms with E-state index >= 15 is 0 Å². The SMILES string of the molecule is COc1cccc(Cn2c(C)c(C)c3nccc(NCc4ccc(F)cc4)c32)c1. The van der Waals surface area contributed by atoms with Gasteiger partial charge in [-0.25, -0.2) is 4.39 Å². The number of pyridine rings is 1. The van der Waals surface area contributed by atoms with Gasteiger partial charge in [-0.2, -0.15) is 0 Å². The molecular weight excluding hydrogens is 365 g/mol. The Morgan fingerprint density at radius 1 is 1.03 bits per heavy atom. The predicted molar refractivity (Wildman–Crippen MR) is 115 cm³/mol. The molecule has 4 rings (SSSR count). The van der Waals surface area contributed by atoms with Crippen molar-refractivity contribution in [3.05, 3.63) is 89.0 Å². The van der Waals surface area contributed by atoms with Gasteiger partial charge in [-0.05, 0) is 60.9 Å². The molecule has 0 radical (unpaired) electrons. The van der Waals surface area contributed by atoms with E-state index in [1.54, 1.807) is 19.2 Å². The number of aryl methyl sites for hydroxylation is 1. The number of nitrogens with zero attached hydrogens (tertiary/aromatic N) is 2. The molecule has 0 amide bonds. The molecule has 5 heteroatoms. The van der Waals surface area contributed by atoms with Crippen LogP contribution in [0.4, 0.5) is 10.1 Å². The number of hydrogen-bond donors (Lipinski definition) is 1. The summed E-state index contributed by atoms with van der Waals surface area (Å²) < 4.78 is 20.8. The van der Waals surface area contributed by atoms with Crippen LogP contribution in [0.15, 0.2) is 60.8 Å². The maximum absolute atomic E-state index is 13.2. The first-order valence-electron chi connectivity index (χ1n) is 9.62. The van der Waals surface area contributed by atoms with Crippen molar-refractivity contribution in [2.45, 2.75) is 26.9 Å². The lowest BCUT2D eigenvalue weighted by molar-refractivity contribution is 0.414. The van der Waals surface area contributed by atoms with E-state index in [-0.39, 0.29) is 5.82 Å². The number of anilines is 1. The summed E-state index contributed by atoms with van der Waals surface area (Å²) in [6.07, 6.45) is 1.83. The molecule has 1 N–H and O–H groups in total. The van der Waals surface area contributed by atoms with Gasteiger partial charge in [-0.1, -0.05) is 24.3 Å². The minimum atomic E-state index is -0.224. The Morgan fingerprint density at radius 3 is 2.59 bits per heavy atom. The number of aromatic nitrogens is 2. The van der Waals surface area contributed by atoms with Crippen LogP contribution in [0, 0.1) is 19.7 Å². The molecular formula is C24H24FN3O. The summed E-state index contributed by atoms with van der Waals surface area (Å²) in [5.74, 6) is 0.625. The Hall–Kier alpha value is -3.34. The summed E-state index contributed by atoms with van der Waals surface area (Å²) in [6.45, 7) is 5.57. The molecule has 0 unspecified atom stereocenters. The van der Waals surface area contributed by atoms with E-state index in [0.29, 0.717) is 6.54 Å². The van der Waals surface area contributed by atoms with Gasteiger partial charge in [0.05, 0.1) is 23.8 Å². The molecule has 0 atom stereocenters. The highest BCUT2D eigenvalue weighted by molar-refractivity contribution is 5.92. The average Bonchev–Trinajstić information content (AvgIpc) is 2.99. The Bertz CT molecular complexity index is 1150. The lowest BCUT2D eigenvalue weighted by Gasteiger charge is -2.14. The third-order valence-corrected chi connectivity index (χ3v) is 5.37. The standard InChI is InChI=1S/C24H24FN3O/c1-16-17(2)28(15-19-5-4-6-21(13-19)29-3)24-22(11-12-26-23(16)24)27-14-18-7-9-20(25)10-8-18/h4-13H,14-15H2,1-3H3,(H,26,27). The Morgan fingerprint density at radius 2 is 1.83 bits per heavy atom. The second-order valence-corrected chi connectivity index (χ2v) is 7.18. The van der Waals surface area contributed by atoms with Crippen molar-refractivity contribution in [2.24, 2.45) is 0 Å². The molecule has 0 aliphatic carbocycles. The second kappa shape index (κ2) is 7.95. The fourth-order valence-corrected chi connectivity index (χ4v) is 3.64. The maximum atomic E-state index is 13.2. The van der Waals surface area contributed by atoms with Crippen LogP contribution in [0.25, 0.3) is 11.0 Å². The first kappa shape index (κ1) is 19.0. The number of nitrogens with one attached hydrogen (secondary N) is 1. The minimum absolute atomic E-state index is 0.224. The molecule has 4 nitrogen and oxygen atoms in total. The Labute approximate surface area is 170 Å². The van der Waals surface area contributed by atoms with Crippen molar-refractivity contribution in [1.82, 2.24) is 9.55 Å². The summed E-state index contributed by atoms with van der Waals surface area (Å²) >= 11 is 0. The first-order chi connectivity index (χ1) is 14.1. The molecule has 29 heavy (non-hydrogen) atoms. The van der Waals surface area contributed by atoms with Gasteiger partial charge in [0.2, 0.25) is 0 Å². The van der Waals surface area contributed by atoms with Gasteiger partial charge in [0.1, 0.15) is 11.6 Å². The van der Waals surface area contributed by atoms with Crippen molar-refractivity contribution in [3.8, 4) is 5.75 Å².